The van der Waals surface area contributed by atoms with E-state index in [4.69, 9.17) is 0 Å². The molecule has 92 valence electrons. The molecule has 0 spiro atoms. The Morgan fingerprint density at radius 3 is 2.71 bits per heavy atom. The molecule has 1 aromatic carbocycles. The van der Waals surface area contributed by atoms with E-state index in [0.29, 0.717) is 0 Å². The van der Waals surface area contributed by atoms with E-state index in [0.717, 1.165) is 24.9 Å². The molecule has 0 aliphatic heterocycles. The molecule has 1 saturated carbocycles. The summed E-state index contributed by atoms with van der Waals surface area (Å²) in [6.07, 6.45) is 4.20. The van der Waals surface area contributed by atoms with Gasteiger partial charge in [-0.25, -0.2) is 0 Å². The van der Waals surface area contributed by atoms with Gasteiger partial charge in [0.1, 0.15) is 0 Å². The van der Waals surface area contributed by atoms with Crippen LogP contribution in [0.4, 0.5) is 0 Å². The van der Waals surface area contributed by atoms with E-state index in [9.17, 15) is 0 Å². The Hall–Kier alpha value is -1.08. The zero-order valence-corrected chi connectivity index (χ0v) is 10.8. The summed E-state index contributed by atoms with van der Waals surface area (Å²) in [6, 6.07) is 10.4. The van der Waals surface area contributed by atoms with Gasteiger partial charge < -0.3 is 5.32 Å². The maximum absolute atomic E-state index is 4.14. The summed E-state index contributed by atoms with van der Waals surface area (Å²) >= 11 is 0. The second-order valence-electron chi connectivity index (χ2n) is 5.38. The predicted molar refractivity (Wildman–Crippen MR) is 74.9 cm³/mol. The second kappa shape index (κ2) is 6.02. The SMILES string of the molecule is C=C(CNCC1CCC(C)C1)c1ccccc1. The summed E-state index contributed by atoms with van der Waals surface area (Å²) < 4.78 is 0. The fraction of sp³-hybridized carbons (Fsp3) is 0.500. The smallest absolute Gasteiger partial charge is 0.0205 e. The quantitative estimate of drug-likeness (QED) is 0.811. The molecule has 2 atom stereocenters. The van der Waals surface area contributed by atoms with Crippen LogP contribution in [0.2, 0.25) is 0 Å². The van der Waals surface area contributed by atoms with Gasteiger partial charge in [-0.15, -0.1) is 0 Å². The van der Waals surface area contributed by atoms with E-state index >= 15 is 0 Å². The average Bonchev–Trinajstić information content (AvgIpc) is 2.76. The third-order valence-corrected chi connectivity index (χ3v) is 3.76. The summed E-state index contributed by atoms with van der Waals surface area (Å²) in [6.45, 7) is 8.57. The Balaban J connectivity index is 1.70. The summed E-state index contributed by atoms with van der Waals surface area (Å²) in [5.41, 5.74) is 2.44. The number of benzene rings is 1. The van der Waals surface area contributed by atoms with Gasteiger partial charge in [-0.05, 0) is 42.4 Å². The lowest BCUT2D eigenvalue weighted by molar-refractivity contribution is 0.484. The van der Waals surface area contributed by atoms with Crippen LogP contribution in [0.3, 0.4) is 0 Å². The van der Waals surface area contributed by atoms with Gasteiger partial charge in [0.2, 0.25) is 0 Å². The van der Waals surface area contributed by atoms with Gasteiger partial charge in [0.15, 0.2) is 0 Å². The molecule has 17 heavy (non-hydrogen) atoms. The first-order chi connectivity index (χ1) is 8.25. The minimum absolute atomic E-state index is 0.883. The molecule has 0 saturated heterocycles. The molecular formula is C16H23N. The number of hydrogen-bond acceptors (Lipinski definition) is 1. The van der Waals surface area contributed by atoms with Crippen molar-refractivity contribution in [3.63, 3.8) is 0 Å². The Bertz CT molecular complexity index is 355. The van der Waals surface area contributed by atoms with Gasteiger partial charge >= 0.3 is 0 Å². The third-order valence-electron chi connectivity index (χ3n) is 3.76. The lowest BCUT2D eigenvalue weighted by Gasteiger charge is -2.12. The minimum Gasteiger partial charge on any atom is -0.312 e. The van der Waals surface area contributed by atoms with Gasteiger partial charge in [0, 0.05) is 6.54 Å². The average molecular weight is 229 g/mol. The van der Waals surface area contributed by atoms with Crippen LogP contribution >= 0.6 is 0 Å². The van der Waals surface area contributed by atoms with E-state index in [1.165, 1.54) is 30.4 Å². The Morgan fingerprint density at radius 1 is 1.29 bits per heavy atom. The molecule has 1 heteroatoms. The van der Waals surface area contributed by atoms with E-state index in [2.05, 4.69) is 43.1 Å². The Kier molecular flexibility index (Phi) is 4.38. The first-order valence-electron chi connectivity index (χ1n) is 6.69. The van der Waals surface area contributed by atoms with Crippen LogP contribution in [0, 0.1) is 11.8 Å². The van der Waals surface area contributed by atoms with Crippen LogP contribution in [0.5, 0.6) is 0 Å². The van der Waals surface area contributed by atoms with Gasteiger partial charge in [0.25, 0.3) is 0 Å². The highest BCUT2D eigenvalue weighted by Gasteiger charge is 2.20. The molecule has 1 nitrogen and oxygen atoms in total. The van der Waals surface area contributed by atoms with E-state index in [1.807, 2.05) is 6.07 Å². The van der Waals surface area contributed by atoms with Crippen LogP contribution in [-0.4, -0.2) is 13.1 Å². The summed E-state index contributed by atoms with van der Waals surface area (Å²) in [5, 5.41) is 3.55. The molecule has 1 N–H and O–H groups in total. The third kappa shape index (κ3) is 3.71. The lowest BCUT2D eigenvalue weighted by atomic mass is 10.1. The van der Waals surface area contributed by atoms with Crippen molar-refractivity contribution in [3.8, 4) is 0 Å². The molecule has 1 aliphatic rings. The Morgan fingerprint density at radius 2 is 2.06 bits per heavy atom. The number of rotatable bonds is 5. The Labute approximate surface area is 105 Å². The standard InChI is InChI=1S/C16H23N/c1-13-8-9-15(10-13)12-17-11-14(2)16-6-4-3-5-7-16/h3-7,13,15,17H,2,8-12H2,1H3. The number of nitrogens with one attached hydrogen (secondary N) is 1. The van der Waals surface area contributed by atoms with Crippen LogP contribution in [0.1, 0.15) is 31.7 Å². The fourth-order valence-electron chi connectivity index (χ4n) is 2.71. The van der Waals surface area contributed by atoms with Crippen LogP contribution in [0.15, 0.2) is 36.9 Å². The van der Waals surface area contributed by atoms with E-state index in [-0.39, 0.29) is 0 Å². The topological polar surface area (TPSA) is 12.0 Å². The molecule has 2 rings (SSSR count). The van der Waals surface area contributed by atoms with Crippen molar-refractivity contribution in [2.45, 2.75) is 26.2 Å². The fourth-order valence-corrected chi connectivity index (χ4v) is 2.71. The maximum Gasteiger partial charge on any atom is 0.0205 e. The normalized spacial score (nSPS) is 23.8. The first kappa shape index (κ1) is 12.4. The van der Waals surface area contributed by atoms with Crippen molar-refractivity contribution >= 4 is 5.57 Å². The summed E-state index contributed by atoms with van der Waals surface area (Å²) in [4.78, 5) is 0. The monoisotopic (exact) mass is 229 g/mol. The largest absolute Gasteiger partial charge is 0.312 e. The van der Waals surface area contributed by atoms with E-state index < -0.39 is 0 Å². The zero-order valence-electron chi connectivity index (χ0n) is 10.8. The van der Waals surface area contributed by atoms with E-state index in [1.54, 1.807) is 0 Å². The molecule has 1 aromatic rings. The van der Waals surface area contributed by atoms with Crippen molar-refractivity contribution in [3.05, 3.63) is 42.5 Å². The highest BCUT2D eigenvalue weighted by Crippen LogP contribution is 2.29. The molecule has 0 heterocycles. The van der Waals surface area contributed by atoms with Crippen molar-refractivity contribution in [1.29, 1.82) is 0 Å². The van der Waals surface area contributed by atoms with Crippen LogP contribution in [-0.2, 0) is 0 Å². The molecule has 2 unspecified atom stereocenters. The zero-order chi connectivity index (χ0) is 12.1. The summed E-state index contributed by atoms with van der Waals surface area (Å²) in [7, 11) is 0. The maximum atomic E-state index is 4.14. The molecule has 0 aromatic heterocycles. The molecule has 0 bridgehead atoms. The molecule has 1 fully saturated rings. The van der Waals surface area contributed by atoms with Gasteiger partial charge in [-0.1, -0.05) is 50.3 Å². The number of hydrogen-bond donors (Lipinski definition) is 1. The van der Waals surface area contributed by atoms with Crippen LogP contribution in [0.25, 0.3) is 5.57 Å². The molecular weight excluding hydrogens is 206 g/mol. The van der Waals surface area contributed by atoms with Gasteiger partial charge in [0.05, 0.1) is 0 Å². The summed E-state index contributed by atoms with van der Waals surface area (Å²) in [5.74, 6) is 1.81. The molecule has 0 amide bonds. The molecule has 1 aliphatic carbocycles. The highest BCUT2D eigenvalue weighted by molar-refractivity contribution is 5.64. The van der Waals surface area contributed by atoms with Crippen molar-refractivity contribution in [1.82, 2.24) is 5.32 Å². The minimum atomic E-state index is 0.883. The van der Waals surface area contributed by atoms with Crippen LogP contribution < -0.4 is 5.32 Å². The van der Waals surface area contributed by atoms with Crippen molar-refractivity contribution in [2.75, 3.05) is 13.1 Å². The van der Waals surface area contributed by atoms with Crippen molar-refractivity contribution < 1.29 is 0 Å². The predicted octanol–water partition coefficient (Wildman–Crippen LogP) is 3.73. The van der Waals surface area contributed by atoms with Gasteiger partial charge in [-0.3, -0.25) is 0 Å². The lowest BCUT2D eigenvalue weighted by Crippen LogP contribution is -2.23. The highest BCUT2D eigenvalue weighted by atomic mass is 14.9. The first-order valence-corrected chi connectivity index (χ1v) is 6.69. The van der Waals surface area contributed by atoms with Crippen molar-refractivity contribution in [2.24, 2.45) is 11.8 Å². The molecule has 0 radical (unpaired) electrons. The van der Waals surface area contributed by atoms with Gasteiger partial charge in [-0.2, -0.15) is 0 Å². The second-order valence-corrected chi connectivity index (χ2v) is 5.38.